The Bertz CT molecular complexity index is 1450. The molecule has 4 heteroatoms. The molecule has 0 heterocycles. The van der Waals surface area contributed by atoms with E-state index < -0.39 is 5.97 Å². The average molecular weight is 493 g/mol. The van der Waals surface area contributed by atoms with Gasteiger partial charge in [-0.3, -0.25) is 0 Å². The highest BCUT2D eigenvalue weighted by Gasteiger charge is 2.11. The molecule has 0 unspecified atom stereocenters. The van der Waals surface area contributed by atoms with Crippen molar-refractivity contribution in [3.8, 4) is 28.0 Å². The predicted molar refractivity (Wildman–Crippen MR) is 144 cm³/mol. The molecule has 35 heavy (non-hydrogen) atoms. The Labute approximate surface area is 214 Å². The van der Waals surface area contributed by atoms with Crippen molar-refractivity contribution in [3.05, 3.63) is 138 Å². The number of halogens is 1. The van der Waals surface area contributed by atoms with E-state index in [1.165, 1.54) is 16.7 Å². The monoisotopic (exact) mass is 492 g/mol. The van der Waals surface area contributed by atoms with Crippen molar-refractivity contribution in [1.29, 1.82) is 0 Å². The standard InChI is InChI=1S/C31H21ClO2S/c32-29-21-25(34-31(33)24-11-5-2-6-12-24)17-20-30(29)35-26-18-15-23(16-19-26)28-14-8-7-13-27(28)22-9-3-1-4-10-22/h1-21H. The first-order valence-corrected chi connectivity index (χ1v) is 12.4. The van der Waals surface area contributed by atoms with Crippen LogP contribution < -0.4 is 4.74 Å². The number of hydrogen-bond acceptors (Lipinski definition) is 3. The van der Waals surface area contributed by atoms with Gasteiger partial charge in [0.2, 0.25) is 0 Å². The van der Waals surface area contributed by atoms with Crippen molar-refractivity contribution >= 4 is 29.3 Å². The van der Waals surface area contributed by atoms with Gasteiger partial charge < -0.3 is 4.74 Å². The summed E-state index contributed by atoms with van der Waals surface area (Å²) in [5.41, 5.74) is 5.25. The molecule has 0 bridgehead atoms. The van der Waals surface area contributed by atoms with E-state index in [9.17, 15) is 4.79 Å². The minimum absolute atomic E-state index is 0.409. The summed E-state index contributed by atoms with van der Waals surface area (Å²) in [6, 6.07) is 41.5. The van der Waals surface area contributed by atoms with Crippen LogP contribution in [0.1, 0.15) is 10.4 Å². The summed E-state index contributed by atoms with van der Waals surface area (Å²) in [5, 5.41) is 0.534. The quantitative estimate of drug-likeness (QED) is 0.175. The van der Waals surface area contributed by atoms with Crippen molar-refractivity contribution in [3.63, 3.8) is 0 Å². The van der Waals surface area contributed by atoms with E-state index in [4.69, 9.17) is 16.3 Å². The van der Waals surface area contributed by atoms with Crippen molar-refractivity contribution in [2.45, 2.75) is 9.79 Å². The van der Waals surface area contributed by atoms with E-state index in [0.717, 1.165) is 15.4 Å². The topological polar surface area (TPSA) is 26.3 Å². The van der Waals surface area contributed by atoms with Gasteiger partial charge in [0.15, 0.2) is 0 Å². The van der Waals surface area contributed by atoms with Gasteiger partial charge in [0.25, 0.3) is 0 Å². The molecule has 0 spiro atoms. The van der Waals surface area contributed by atoms with Crippen LogP contribution >= 0.6 is 23.4 Å². The highest BCUT2D eigenvalue weighted by molar-refractivity contribution is 7.99. The normalized spacial score (nSPS) is 10.7. The Morgan fingerprint density at radius 3 is 1.83 bits per heavy atom. The Kier molecular flexibility index (Phi) is 6.99. The number of hydrogen-bond donors (Lipinski definition) is 0. The maximum Gasteiger partial charge on any atom is 0.343 e. The molecule has 0 aromatic heterocycles. The largest absolute Gasteiger partial charge is 0.423 e. The third-order valence-corrected chi connectivity index (χ3v) is 7.04. The van der Waals surface area contributed by atoms with Gasteiger partial charge in [-0.25, -0.2) is 4.79 Å². The molecule has 170 valence electrons. The van der Waals surface area contributed by atoms with Gasteiger partial charge in [-0.05, 0) is 58.7 Å². The second-order valence-electron chi connectivity index (χ2n) is 7.89. The second-order valence-corrected chi connectivity index (χ2v) is 9.41. The molecule has 0 fully saturated rings. The van der Waals surface area contributed by atoms with E-state index in [0.29, 0.717) is 16.3 Å². The molecule has 0 saturated carbocycles. The second kappa shape index (κ2) is 10.6. The molecule has 0 saturated heterocycles. The lowest BCUT2D eigenvalue weighted by atomic mass is 9.95. The predicted octanol–water partition coefficient (Wildman–Crippen LogP) is 9.04. The number of esters is 1. The van der Waals surface area contributed by atoms with Crippen LogP contribution in [-0.4, -0.2) is 5.97 Å². The average Bonchev–Trinajstić information content (AvgIpc) is 2.92. The lowest BCUT2D eigenvalue weighted by Crippen LogP contribution is -2.08. The van der Waals surface area contributed by atoms with Crippen molar-refractivity contribution in [2.24, 2.45) is 0 Å². The van der Waals surface area contributed by atoms with Gasteiger partial charge >= 0.3 is 5.97 Å². The van der Waals surface area contributed by atoms with Gasteiger partial charge in [0.1, 0.15) is 5.75 Å². The van der Waals surface area contributed by atoms with Gasteiger partial charge in [-0.2, -0.15) is 0 Å². The summed E-state index contributed by atoms with van der Waals surface area (Å²) in [6.45, 7) is 0. The fourth-order valence-electron chi connectivity index (χ4n) is 3.80. The first-order chi connectivity index (χ1) is 17.2. The first kappa shape index (κ1) is 23.0. The number of benzene rings is 5. The van der Waals surface area contributed by atoms with Crippen molar-refractivity contribution < 1.29 is 9.53 Å². The summed E-state index contributed by atoms with van der Waals surface area (Å²) < 4.78 is 5.47. The highest BCUT2D eigenvalue weighted by Crippen LogP contribution is 2.37. The molecule has 5 aromatic rings. The van der Waals surface area contributed by atoms with E-state index >= 15 is 0 Å². The Balaban J connectivity index is 1.31. The van der Waals surface area contributed by atoms with Gasteiger partial charge in [-0.1, -0.05) is 108 Å². The Hall–Kier alpha value is -3.79. The highest BCUT2D eigenvalue weighted by atomic mass is 35.5. The fourth-order valence-corrected chi connectivity index (χ4v) is 4.91. The minimum atomic E-state index is -0.409. The molecule has 0 N–H and O–H groups in total. The van der Waals surface area contributed by atoms with Crippen LogP contribution in [0.5, 0.6) is 5.75 Å². The summed E-state index contributed by atoms with van der Waals surface area (Å²) in [4.78, 5) is 14.3. The lowest BCUT2D eigenvalue weighted by Gasteiger charge is -2.11. The van der Waals surface area contributed by atoms with Crippen LogP contribution in [0.4, 0.5) is 0 Å². The van der Waals surface area contributed by atoms with Crippen LogP contribution in [0.3, 0.4) is 0 Å². The molecule has 5 aromatic carbocycles. The van der Waals surface area contributed by atoms with E-state index in [1.807, 2.05) is 18.2 Å². The molecule has 0 radical (unpaired) electrons. The third kappa shape index (κ3) is 5.48. The van der Waals surface area contributed by atoms with Crippen LogP contribution in [0.25, 0.3) is 22.3 Å². The van der Waals surface area contributed by atoms with Crippen molar-refractivity contribution in [2.75, 3.05) is 0 Å². The third-order valence-electron chi connectivity index (χ3n) is 5.53. The molecule has 2 nitrogen and oxygen atoms in total. The molecular formula is C31H21ClO2S. The Morgan fingerprint density at radius 2 is 1.20 bits per heavy atom. The van der Waals surface area contributed by atoms with Gasteiger partial charge in [0, 0.05) is 15.9 Å². The Morgan fingerprint density at radius 1 is 0.629 bits per heavy atom. The van der Waals surface area contributed by atoms with Crippen LogP contribution in [0, 0.1) is 0 Å². The number of carbonyl (C=O) groups is 1. The molecule has 5 rings (SSSR count). The maximum atomic E-state index is 12.3. The zero-order valence-electron chi connectivity index (χ0n) is 18.7. The minimum Gasteiger partial charge on any atom is -0.423 e. The molecule has 0 aliphatic heterocycles. The maximum absolute atomic E-state index is 12.3. The fraction of sp³-hybridized carbons (Fsp3) is 0. The molecule has 0 aliphatic rings. The zero-order valence-corrected chi connectivity index (χ0v) is 20.3. The van der Waals surface area contributed by atoms with E-state index in [-0.39, 0.29) is 0 Å². The van der Waals surface area contributed by atoms with Crippen molar-refractivity contribution in [1.82, 2.24) is 0 Å². The molecule has 0 aliphatic carbocycles. The van der Waals surface area contributed by atoms with Gasteiger partial charge in [-0.15, -0.1) is 0 Å². The number of carbonyl (C=O) groups excluding carboxylic acids is 1. The summed E-state index contributed by atoms with van der Waals surface area (Å²) >= 11 is 8.08. The van der Waals surface area contributed by atoms with Gasteiger partial charge in [0.05, 0.1) is 10.6 Å². The lowest BCUT2D eigenvalue weighted by molar-refractivity contribution is 0.0734. The summed E-state index contributed by atoms with van der Waals surface area (Å²) in [7, 11) is 0. The SMILES string of the molecule is O=C(Oc1ccc(Sc2ccc(-c3ccccc3-c3ccccc3)cc2)c(Cl)c1)c1ccccc1. The smallest absolute Gasteiger partial charge is 0.343 e. The molecule has 0 amide bonds. The first-order valence-electron chi connectivity index (χ1n) is 11.2. The van der Waals surface area contributed by atoms with E-state index in [2.05, 4.69) is 72.8 Å². The van der Waals surface area contributed by atoms with Crippen LogP contribution in [0.15, 0.2) is 137 Å². The molecule has 0 atom stereocenters. The number of ether oxygens (including phenoxy) is 1. The molecular weight excluding hydrogens is 472 g/mol. The van der Waals surface area contributed by atoms with E-state index in [1.54, 1.807) is 48.2 Å². The van der Waals surface area contributed by atoms with Crippen LogP contribution in [-0.2, 0) is 0 Å². The van der Waals surface area contributed by atoms with Crippen LogP contribution in [0.2, 0.25) is 5.02 Å². The summed E-state index contributed by atoms with van der Waals surface area (Å²) in [6.07, 6.45) is 0. The summed E-state index contributed by atoms with van der Waals surface area (Å²) in [5.74, 6) is 0.00881. The zero-order chi connectivity index (χ0) is 24.0. The number of rotatable bonds is 6.